The predicted octanol–water partition coefficient (Wildman–Crippen LogP) is 0.265. The zero-order valence-corrected chi connectivity index (χ0v) is 13.9. The lowest BCUT2D eigenvalue weighted by molar-refractivity contribution is 0.379. The molecule has 2 heterocycles. The number of nitrogens with one attached hydrogen (secondary N) is 1. The van der Waals surface area contributed by atoms with E-state index in [1.807, 2.05) is 18.2 Å². The van der Waals surface area contributed by atoms with Gasteiger partial charge in [-0.2, -0.15) is 0 Å². The second kappa shape index (κ2) is 7.32. The minimum absolute atomic E-state index is 0.0639. The minimum Gasteiger partial charge on any atom is -0.464 e. The van der Waals surface area contributed by atoms with E-state index in [0.717, 1.165) is 5.39 Å². The molecule has 0 spiro atoms. The van der Waals surface area contributed by atoms with Crippen LogP contribution in [0.15, 0.2) is 53.5 Å². The number of aromatic nitrogens is 2. The summed E-state index contributed by atoms with van der Waals surface area (Å²) in [5.74, 6) is -1.53. The Kier molecular flexibility index (Phi) is 5.14. The molecular formula is C15H16BN3O5S. The number of sulfonamides is 1. The third-order valence-corrected chi connectivity index (χ3v) is 4.98. The van der Waals surface area contributed by atoms with Crippen molar-refractivity contribution in [3.8, 4) is 0 Å². The van der Waals surface area contributed by atoms with Crippen molar-refractivity contribution in [2.24, 2.45) is 0 Å². The molecule has 3 rings (SSSR count). The third kappa shape index (κ3) is 4.43. The van der Waals surface area contributed by atoms with E-state index in [-0.39, 0.29) is 12.1 Å². The summed E-state index contributed by atoms with van der Waals surface area (Å²) in [6.07, 6.45) is 5.72. The number of hydrogen-bond donors (Lipinski definition) is 3. The van der Waals surface area contributed by atoms with Crippen LogP contribution in [-0.4, -0.2) is 41.5 Å². The molecule has 0 fully saturated rings. The summed E-state index contributed by atoms with van der Waals surface area (Å²) in [6, 6.07) is 7.24. The second-order valence-corrected chi connectivity index (χ2v) is 7.31. The van der Waals surface area contributed by atoms with Gasteiger partial charge in [0, 0.05) is 24.0 Å². The maximum atomic E-state index is 12.3. The van der Waals surface area contributed by atoms with Gasteiger partial charge in [0.1, 0.15) is 11.3 Å². The van der Waals surface area contributed by atoms with Crippen molar-refractivity contribution >= 4 is 28.1 Å². The SMILES string of the molecule is O=S(=O)(Cc1cnccn1)NC(Cc1coc2ccccc12)B(O)O. The number of rotatable bonds is 7. The summed E-state index contributed by atoms with van der Waals surface area (Å²) in [5, 5.41) is 20.0. The van der Waals surface area contributed by atoms with Gasteiger partial charge in [0.2, 0.25) is 10.0 Å². The predicted molar refractivity (Wildman–Crippen MR) is 91.7 cm³/mol. The summed E-state index contributed by atoms with van der Waals surface area (Å²) in [4.78, 5) is 7.72. The molecule has 8 nitrogen and oxygen atoms in total. The van der Waals surface area contributed by atoms with Crippen LogP contribution in [0, 0.1) is 0 Å². The highest BCUT2D eigenvalue weighted by Crippen LogP contribution is 2.22. The first-order valence-corrected chi connectivity index (χ1v) is 9.16. The Bertz CT molecular complexity index is 946. The molecule has 0 amide bonds. The van der Waals surface area contributed by atoms with Gasteiger partial charge in [0.25, 0.3) is 0 Å². The Labute approximate surface area is 144 Å². The Balaban J connectivity index is 1.77. The van der Waals surface area contributed by atoms with Gasteiger partial charge in [0.05, 0.1) is 17.9 Å². The van der Waals surface area contributed by atoms with E-state index in [1.165, 1.54) is 24.9 Å². The monoisotopic (exact) mass is 361 g/mol. The molecule has 2 aromatic heterocycles. The van der Waals surface area contributed by atoms with Gasteiger partial charge < -0.3 is 14.5 Å². The topological polar surface area (TPSA) is 126 Å². The van der Waals surface area contributed by atoms with Crippen molar-refractivity contribution in [3.63, 3.8) is 0 Å². The lowest BCUT2D eigenvalue weighted by Gasteiger charge is -2.17. The fourth-order valence-corrected chi connectivity index (χ4v) is 3.80. The largest absolute Gasteiger partial charge is 0.471 e. The first-order valence-electron chi connectivity index (χ1n) is 7.51. The molecule has 0 aliphatic carbocycles. The van der Waals surface area contributed by atoms with Crippen molar-refractivity contribution in [2.45, 2.75) is 18.1 Å². The van der Waals surface area contributed by atoms with Gasteiger partial charge in [-0.25, -0.2) is 13.1 Å². The normalized spacial score (nSPS) is 13.0. The van der Waals surface area contributed by atoms with Crippen LogP contribution in [0.2, 0.25) is 0 Å². The highest BCUT2D eigenvalue weighted by atomic mass is 32.2. The van der Waals surface area contributed by atoms with Gasteiger partial charge >= 0.3 is 7.12 Å². The molecule has 0 bridgehead atoms. The summed E-state index contributed by atoms with van der Waals surface area (Å²) in [5.41, 5.74) is 1.58. The Morgan fingerprint density at radius 2 is 2.04 bits per heavy atom. The van der Waals surface area contributed by atoms with Crippen LogP contribution in [-0.2, 0) is 22.2 Å². The molecule has 130 valence electrons. The van der Waals surface area contributed by atoms with Crippen molar-refractivity contribution < 1.29 is 22.9 Å². The van der Waals surface area contributed by atoms with Crippen molar-refractivity contribution in [1.82, 2.24) is 14.7 Å². The van der Waals surface area contributed by atoms with Crippen molar-refractivity contribution in [3.05, 3.63) is 60.4 Å². The first-order chi connectivity index (χ1) is 11.9. The Hall–Kier alpha value is -2.27. The van der Waals surface area contributed by atoms with Crippen molar-refractivity contribution in [2.75, 3.05) is 0 Å². The molecule has 0 saturated heterocycles. The van der Waals surface area contributed by atoms with Crippen LogP contribution in [0.25, 0.3) is 11.0 Å². The average molecular weight is 361 g/mol. The number of fused-ring (bicyclic) bond motifs is 1. The second-order valence-electron chi connectivity index (χ2n) is 5.56. The van der Waals surface area contributed by atoms with E-state index >= 15 is 0 Å². The molecule has 3 N–H and O–H groups in total. The molecule has 1 aromatic carbocycles. The smallest absolute Gasteiger partial charge is 0.464 e. The lowest BCUT2D eigenvalue weighted by Crippen LogP contribution is -2.48. The number of furan rings is 1. The molecule has 0 radical (unpaired) electrons. The number of benzene rings is 1. The van der Waals surface area contributed by atoms with E-state index in [0.29, 0.717) is 11.1 Å². The first kappa shape index (κ1) is 17.6. The standard InChI is InChI=1S/C15H16BN3O5S/c20-16(21)15(7-11-9-24-14-4-2-1-3-13(11)14)19-25(22,23)10-12-8-17-5-6-18-12/h1-6,8-9,15,19-21H,7,10H2. The maximum absolute atomic E-state index is 12.3. The average Bonchev–Trinajstić information content (AvgIpc) is 2.98. The molecule has 25 heavy (non-hydrogen) atoms. The van der Waals surface area contributed by atoms with Crippen LogP contribution in [0.4, 0.5) is 0 Å². The highest BCUT2D eigenvalue weighted by molar-refractivity contribution is 7.88. The highest BCUT2D eigenvalue weighted by Gasteiger charge is 2.29. The van der Waals surface area contributed by atoms with Crippen LogP contribution in [0.3, 0.4) is 0 Å². The van der Waals surface area contributed by atoms with E-state index in [9.17, 15) is 18.5 Å². The molecule has 0 aliphatic rings. The lowest BCUT2D eigenvalue weighted by atomic mass is 9.77. The number of nitrogens with zero attached hydrogens (tertiary/aromatic N) is 2. The zero-order chi connectivity index (χ0) is 17.9. The summed E-state index contributed by atoms with van der Waals surface area (Å²) in [7, 11) is -5.71. The van der Waals surface area contributed by atoms with E-state index in [4.69, 9.17) is 4.42 Å². The molecule has 1 unspecified atom stereocenters. The molecule has 10 heteroatoms. The fourth-order valence-electron chi connectivity index (χ4n) is 2.51. The van der Waals surface area contributed by atoms with Gasteiger partial charge in [-0.3, -0.25) is 9.97 Å². The zero-order valence-electron chi connectivity index (χ0n) is 13.1. The van der Waals surface area contributed by atoms with Gasteiger partial charge in [-0.05, 0) is 18.1 Å². The van der Waals surface area contributed by atoms with Gasteiger partial charge in [-0.1, -0.05) is 18.2 Å². The van der Waals surface area contributed by atoms with Crippen LogP contribution >= 0.6 is 0 Å². The Morgan fingerprint density at radius 3 is 2.76 bits per heavy atom. The van der Waals surface area contributed by atoms with Gasteiger partial charge in [0.15, 0.2) is 0 Å². The quantitative estimate of drug-likeness (QED) is 0.516. The number of para-hydroxylation sites is 1. The minimum atomic E-state index is -3.84. The number of hydrogen-bond acceptors (Lipinski definition) is 7. The van der Waals surface area contributed by atoms with E-state index in [1.54, 1.807) is 6.07 Å². The van der Waals surface area contributed by atoms with E-state index in [2.05, 4.69) is 14.7 Å². The van der Waals surface area contributed by atoms with Crippen LogP contribution < -0.4 is 4.72 Å². The molecule has 0 saturated carbocycles. The van der Waals surface area contributed by atoms with E-state index < -0.39 is 28.8 Å². The molecule has 0 aliphatic heterocycles. The van der Waals surface area contributed by atoms with Crippen molar-refractivity contribution in [1.29, 1.82) is 0 Å². The molecule has 1 atom stereocenters. The van der Waals surface area contributed by atoms with Crippen LogP contribution in [0.1, 0.15) is 11.3 Å². The summed E-state index contributed by atoms with van der Waals surface area (Å²) >= 11 is 0. The summed E-state index contributed by atoms with van der Waals surface area (Å²) < 4.78 is 32.3. The molecular weight excluding hydrogens is 345 g/mol. The van der Waals surface area contributed by atoms with Gasteiger partial charge in [-0.15, -0.1) is 0 Å². The third-order valence-electron chi connectivity index (χ3n) is 3.65. The summed E-state index contributed by atoms with van der Waals surface area (Å²) in [6.45, 7) is 0. The Morgan fingerprint density at radius 1 is 1.24 bits per heavy atom. The maximum Gasteiger partial charge on any atom is 0.471 e. The fraction of sp³-hybridized carbons (Fsp3) is 0.200. The molecule has 3 aromatic rings. The van der Waals surface area contributed by atoms with Crippen LogP contribution in [0.5, 0.6) is 0 Å².